The molecular formula is C21H24N4O3S2. The van der Waals surface area contributed by atoms with Crippen LogP contribution < -0.4 is 5.32 Å². The summed E-state index contributed by atoms with van der Waals surface area (Å²) >= 11 is 1.33. The number of carbonyl (C=O) groups excluding carboxylic acids is 1. The van der Waals surface area contributed by atoms with Gasteiger partial charge in [-0.25, -0.2) is 17.9 Å². The number of hydrogen-bond acceptors (Lipinski definition) is 6. The minimum Gasteiger partial charge on any atom is -0.351 e. The molecule has 1 amide bonds. The van der Waals surface area contributed by atoms with Crippen LogP contribution in [0.1, 0.15) is 24.6 Å². The molecule has 7 nitrogen and oxygen atoms in total. The predicted molar refractivity (Wildman–Crippen MR) is 118 cm³/mol. The lowest BCUT2D eigenvalue weighted by Crippen LogP contribution is -2.40. The van der Waals surface area contributed by atoms with Crippen molar-refractivity contribution in [3.63, 3.8) is 0 Å². The molecule has 0 radical (unpaired) electrons. The van der Waals surface area contributed by atoms with Crippen molar-refractivity contribution in [2.24, 2.45) is 0 Å². The van der Waals surface area contributed by atoms with E-state index in [1.54, 1.807) is 6.92 Å². The van der Waals surface area contributed by atoms with E-state index in [1.807, 2.05) is 54.8 Å². The molecule has 3 aromatic rings. The number of carbonyl (C=O) groups is 1. The number of sulfone groups is 1. The molecule has 0 spiro atoms. The average molecular weight is 445 g/mol. The van der Waals surface area contributed by atoms with Gasteiger partial charge >= 0.3 is 0 Å². The summed E-state index contributed by atoms with van der Waals surface area (Å²) in [4.78, 5) is 17.5. The van der Waals surface area contributed by atoms with Crippen molar-refractivity contribution in [3.05, 3.63) is 47.7 Å². The number of aryl methyl sites for hydroxylation is 2. The Morgan fingerprint density at radius 2 is 2.00 bits per heavy atom. The molecule has 1 N–H and O–H groups in total. The van der Waals surface area contributed by atoms with Crippen LogP contribution in [0, 0.1) is 13.8 Å². The van der Waals surface area contributed by atoms with Crippen molar-refractivity contribution in [1.82, 2.24) is 19.9 Å². The standard InChI is InChI=1S/C21H24N4O3S2/c1-13-11-14(2)24-25-19(13)18(16-7-5-4-6-8-16)23-21(25)29-15(3)20(26)22-17-9-10-30(27,28)12-17/h4-8,11,15,17H,9-10,12H2,1-3H3,(H,22,26)/t15-,17+/m1/s1. The highest BCUT2D eigenvalue weighted by Gasteiger charge is 2.30. The molecule has 9 heteroatoms. The summed E-state index contributed by atoms with van der Waals surface area (Å²) in [5, 5.41) is 7.70. The molecule has 0 bridgehead atoms. The lowest BCUT2D eigenvalue weighted by atomic mass is 10.1. The minimum atomic E-state index is -3.04. The maximum absolute atomic E-state index is 12.7. The van der Waals surface area contributed by atoms with Crippen molar-refractivity contribution in [2.45, 2.75) is 43.6 Å². The number of nitrogens with zero attached hydrogens (tertiary/aromatic N) is 3. The SMILES string of the molecule is Cc1cc(C)c2c(-c3ccccc3)nc(S[C@H](C)C(=O)N[C@H]3CCS(=O)(=O)C3)n2n1. The fourth-order valence-corrected chi connectivity index (χ4v) is 6.26. The Kier molecular flexibility index (Phi) is 5.59. The van der Waals surface area contributed by atoms with Gasteiger partial charge in [0.05, 0.1) is 33.7 Å². The van der Waals surface area contributed by atoms with Crippen molar-refractivity contribution in [3.8, 4) is 11.3 Å². The van der Waals surface area contributed by atoms with Gasteiger partial charge in [0.1, 0.15) is 0 Å². The number of thioether (sulfide) groups is 1. The maximum Gasteiger partial charge on any atom is 0.233 e. The molecule has 158 valence electrons. The molecule has 4 rings (SSSR count). The molecule has 1 aliphatic rings. The number of hydrogen-bond donors (Lipinski definition) is 1. The van der Waals surface area contributed by atoms with Crippen LogP contribution in [0.4, 0.5) is 0 Å². The van der Waals surface area contributed by atoms with Gasteiger partial charge in [0, 0.05) is 11.6 Å². The zero-order valence-electron chi connectivity index (χ0n) is 17.1. The van der Waals surface area contributed by atoms with Crippen LogP contribution in [0.3, 0.4) is 0 Å². The second-order valence-corrected chi connectivity index (χ2v) is 11.2. The van der Waals surface area contributed by atoms with Crippen LogP contribution in [0.5, 0.6) is 0 Å². The number of aromatic nitrogens is 3. The predicted octanol–water partition coefficient (Wildman–Crippen LogP) is 2.80. The number of amides is 1. The van der Waals surface area contributed by atoms with E-state index in [4.69, 9.17) is 4.98 Å². The topological polar surface area (TPSA) is 93.4 Å². The Labute approximate surface area is 180 Å². The number of imidazole rings is 1. The smallest absolute Gasteiger partial charge is 0.233 e. The molecular weight excluding hydrogens is 420 g/mol. The molecule has 1 saturated heterocycles. The molecule has 2 atom stereocenters. The van der Waals surface area contributed by atoms with Crippen molar-refractivity contribution < 1.29 is 13.2 Å². The van der Waals surface area contributed by atoms with E-state index in [0.29, 0.717) is 11.6 Å². The Bertz CT molecular complexity index is 1210. The second-order valence-electron chi connectivity index (χ2n) is 7.71. The van der Waals surface area contributed by atoms with Gasteiger partial charge in [0.2, 0.25) is 5.91 Å². The second kappa shape index (κ2) is 8.03. The summed E-state index contributed by atoms with van der Waals surface area (Å²) in [6, 6.07) is 11.6. The quantitative estimate of drug-likeness (QED) is 0.608. The Hall–Kier alpha value is -2.39. The van der Waals surface area contributed by atoms with E-state index in [1.165, 1.54) is 11.8 Å². The largest absolute Gasteiger partial charge is 0.351 e. The molecule has 2 aromatic heterocycles. The van der Waals surface area contributed by atoms with Gasteiger partial charge in [0.25, 0.3) is 0 Å². The molecule has 30 heavy (non-hydrogen) atoms. The molecule has 1 aliphatic heterocycles. The van der Waals surface area contributed by atoms with Crippen molar-refractivity contribution >= 4 is 33.0 Å². The first-order valence-corrected chi connectivity index (χ1v) is 12.5. The Morgan fingerprint density at radius 3 is 2.67 bits per heavy atom. The maximum atomic E-state index is 12.7. The first-order valence-electron chi connectivity index (χ1n) is 9.83. The first kappa shape index (κ1) is 20.9. The summed E-state index contributed by atoms with van der Waals surface area (Å²) in [6.45, 7) is 5.76. The third-order valence-electron chi connectivity index (χ3n) is 5.16. The minimum absolute atomic E-state index is 0.0144. The fraction of sp³-hybridized carbons (Fsp3) is 0.381. The number of fused-ring (bicyclic) bond motifs is 1. The van der Waals surface area contributed by atoms with E-state index >= 15 is 0 Å². The molecule has 0 aliphatic carbocycles. The van der Waals surface area contributed by atoms with E-state index < -0.39 is 15.1 Å². The van der Waals surface area contributed by atoms with Gasteiger partial charge in [-0.1, -0.05) is 42.1 Å². The van der Waals surface area contributed by atoms with Gasteiger partial charge in [-0.05, 0) is 38.8 Å². The van der Waals surface area contributed by atoms with Crippen LogP contribution in [0.25, 0.3) is 16.8 Å². The van der Waals surface area contributed by atoms with E-state index in [-0.39, 0.29) is 23.5 Å². The fourth-order valence-electron chi connectivity index (χ4n) is 3.72. The van der Waals surface area contributed by atoms with Crippen LogP contribution in [0.15, 0.2) is 41.6 Å². The van der Waals surface area contributed by atoms with Gasteiger partial charge in [-0.2, -0.15) is 5.10 Å². The van der Waals surface area contributed by atoms with Crippen molar-refractivity contribution in [2.75, 3.05) is 11.5 Å². The Morgan fingerprint density at radius 1 is 1.27 bits per heavy atom. The van der Waals surface area contributed by atoms with E-state index in [2.05, 4.69) is 10.4 Å². The number of nitrogens with one attached hydrogen (secondary N) is 1. The summed E-state index contributed by atoms with van der Waals surface area (Å²) in [7, 11) is -3.04. The zero-order chi connectivity index (χ0) is 21.5. The molecule has 3 heterocycles. The summed E-state index contributed by atoms with van der Waals surface area (Å²) in [6.07, 6.45) is 0.468. The molecule has 1 aromatic carbocycles. The van der Waals surface area contributed by atoms with Gasteiger partial charge in [-0.3, -0.25) is 4.79 Å². The molecule has 0 saturated carbocycles. The monoisotopic (exact) mass is 444 g/mol. The normalized spacial score (nSPS) is 19.1. The number of benzene rings is 1. The van der Waals surface area contributed by atoms with Gasteiger partial charge in [-0.15, -0.1) is 0 Å². The third kappa shape index (κ3) is 4.22. The zero-order valence-corrected chi connectivity index (χ0v) is 18.8. The molecule has 1 fully saturated rings. The van der Waals surface area contributed by atoms with Crippen LogP contribution in [0.2, 0.25) is 0 Å². The highest BCUT2D eigenvalue weighted by molar-refractivity contribution is 8.00. The molecule has 0 unspecified atom stereocenters. The summed E-state index contributed by atoms with van der Waals surface area (Å²) in [5.41, 5.74) is 4.67. The van der Waals surface area contributed by atoms with Crippen LogP contribution in [-0.2, 0) is 14.6 Å². The Balaban J connectivity index is 1.63. The first-order chi connectivity index (χ1) is 14.2. The van der Waals surface area contributed by atoms with Gasteiger partial charge in [0.15, 0.2) is 15.0 Å². The highest BCUT2D eigenvalue weighted by atomic mass is 32.2. The van der Waals surface area contributed by atoms with Gasteiger partial charge < -0.3 is 5.32 Å². The van der Waals surface area contributed by atoms with E-state index in [0.717, 1.165) is 28.0 Å². The summed E-state index contributed by atoms with van der Waals surface area (Å²) in [5.74, 6) is -0.0437. The van der Waals surface area contributed by atoms with Crippen LogP contribution >= 0.6 is 11.8 Å². The van der Waals surface area contributed by atoms with Crippen LogP contribution in [-0.4, -0.2) is 51.7 Å². The highest BCUT2D eigenvalue weighted by Crippen LogP contribution is 2.32. The summed E-state index contributed by atoms with van der Waals surface area (Å²) < 4.78 is 25.1. The van der Waals surface area contributed by atoms with E-state index in [9.17, 15) is 13.2 Å². The third-order valence-corrected chi connectivity index (χ3v) is 7.97. The lowest BCUT2D eigenvalue weighted by Gasteiger charge is -2.15. The van der Waals surface area contributed by atoms with Crippen molar-refractivity contribution in [1.29, 1.82) is 0 Å². The number of rotatable bonds is 5. The average Bonchev–Trinajstić information content (AvgIpc) is 3.22. The lowest BCUT2D eigenvalue weighted by molar-refractivity contribution is -0.120.